The predicted octanol–water partition coefficient (Wildman–Crippen LogP) is 4.08. The first-order valence-electron chi connectivity index (χ1n) is 7.69. The van der Waals surface area contributed by atoms with Crippen molar-refractivity contribution in [2.45, 2.75) is 6.18 Å². The van der Waals surface area contributed by atoms with Gasteiger partial charge in [-0.15, -0.1) is 10.9 Å². The minimum Gasteiger partial charge on any atom is -0.497 e. The molecule has 1 amide bonds. The molecule has 0 radical (unpaired) electrons. The van der Waals surface area contributed by atoms with E-state index in [0.29, 0.717) is 16.2 Å². The van der Waals surface area contributed by atoms with Gasteiger partial charge >= 0.3 is 6.18 Å². The van der Waals surface area contributed by atoms with Crippen LogP contribution in [0.1, 0.15) is 11.1 Å². The second kappa shape index (κ2) is 5.88. The molecule has 7 heteroatoms. The molecule has 0 aromatic heterocycles. The van der Waals surface area contributed by atoms with Crippen molar-refractivity contribution in [3.8, 4) is 5.75 Å². The van der Waals surface area contributed by atoms with E-state index < -0.39 is 11.7 Å². The van der Waals surface area contributed by atoms with Crippen LogP contribution in [0.5, 0.6) is 5.75 Å². The SMILES string of the molecule is COc1ccc2c(c1)N1C(=O)C(c3ccccc3)=S=C1C=C2C(F)(F)F. The van der Waals surface area contributed by atoms with Gasteiger partial charge in [0.1, 0.15) is 15.6 Å². The minimum absolute atomic E-state index is 0.0367. The number of halogens is 3. The molecule has 0 saturated heterocycles. The summed E-state index contributed by atoms with van der Waals surface area (Å²) in [5, 5.41) is 0. The van der Waals surface area contributed by atoms with Gasteiger partial charge in [0.05, 0.1) is 18.4 Å². The third-order valence-electron chi connectivity index (χ3n) is 4.17. The molecule has 0 unspecified atom stereocenters. The fourth-order valence-corrected chi connectivity index (χ4v) is 4.07. The molecule has 2 heterocycles. The number of hydrogen-bond donors (Lipinski definition) is 0. The first-order valence-corrected chi connectivity index (χ1v) is 8.51. The van der Waals surface area contributed by atoms with E-state index in [1.165, 1.54) is 30.2 Å². The lowest BCUT2D eigenvalue weighted by Crippen LogP contribution is -2.39. The van der Waals surface area contributed by atoms with Gasteiger partial charge in [0.2, 0.25) is 0 Å². The van der Waals surface area contributed by atoms with Crippen LogP contribution in [0.2, 0.25) is 0 Å². The molecule has 4 rings (SSSR count). The number of carbonyl (C=O) groups is 1. The second-order valence-electron chi connectivity index (χ2n) is 5.71. The molecular formula is C19H12F3NO2S. The van der Waals surface area contributed by atoms with Gasteiger partial charge in [-0.25, -0.2) is 0 Å². The van der Waals surface area contributed by atoms with Gasteiger partial charge < -0.3 is 4.74 Å². The highest BCUT2D eigenvalue weighted by Gasteiger charge is 2.43. The molecule has 132 valence electrons. The van der Waals surface area contributed by atoms with E-state index >= 15 is 0 Å². The van der Waals surface area contributed by atoms with Crippen molar-refractivity contribution >= 4 is 38.0 Å². The molecule has 0 saturated carbocycles. The fraction of sp³-hybridized carbons (Fsp3) is 0.105. The lowest BCUT2D eigenvalue weighted by molar-refractivity contribution is -0.111. The number of carbonyl (C=O) groups excluding carboxylic acids is 1. The van der Waals surface area contributed by atoms with Gasteiger partial charge in [0, 0.05) is 11.6 Å². The van der Waals surface area contributed by atoms with Crippen LogP contribution in [0.3, 0.4) is 0 Å². The zero-order valence-corrected chi connectivity index (χ0v) is 14.3. The Morgan fingerprint density at radius 2 is 1.81 bits per heavy atom. The van der Waals surface area contributed by atoms with E-state index in [1.54, 1.807) is 24.3 Å². The van der Waals surface area contributed by atoms with Crippen molar-refractivity contribution in [3.63, 3.8) is 0 Å². The van der Waals surface area contributed by atoms with Gasteiger partial charge in [0.25, 0.3) is 5.91 Å². The molecule has 2 aliphatic heterocycles. The van der Waals surface area contributed by atoms with Crippen molar-refractivity contribution in [2.24, 2.45) is 0 Å². The van der Waals surface area contributed by atoms with Crippen LogP contribution in [0.4, 0.5) is 18.9 Å². The highest BCUT2D eigenvalue weighted by Crippen LogP contribution is 2.44. The van der Waals surface area contributed by atoms with E-state index in [4.69, 9.17) is 4.74 Å². The maximum absolute atomic E-state index is 13.5. The van der Waals surface area contributed by atoms with Crippen LogP contribution in [-0.4, -0.2) is 29.0 Å². The van der Waals surface area contributed by atoms with Crippen molar-refractivity contribution in [1.29, 1.82) is 0 Å². The monoisotopic (exact) mass is 375 g/mol. The Kier molecular flexibility index (Phi) is 3.77. The van der Waals surface area contributed by atoms with Crippen LogP contribution < -0.4 is 9.64 Å². The fourth-order valence-electron chi connectivity index (χ4n) is 2.98. The molecule has 2 aromatic rings. The van der Waals surface area contributed by atoms with Crippen molar-refractivity contribution < 1.29 is 22.7 Å². The van der Waals surface area contributed by atoms with Crippen LogP contribution >= 0.6 is 10.9 Å². The number of ether oxygens (including phenoxy) is 1. The number of alkyl halides is 3. The summed E-state index contributed by atoms with van der Waals surface area (Å²) in [6, 6.07) is 13.2. The molecule has 26 heavy (non-hydrogen) atoms. The van der Waals surface area contributed by atoms with Gasteiger partial charge in [-0.2, -0.15) is 13.2 Å². The topological polar surface area (TPSA) is 29.5 Å². The number of hydrogen-bond acceptors (Lipinski definition) is 2. The number of anilines is 1. The number of rotatable bonds is 2. The van der Waals surface area contributed by atoms with Gasteiger partial charge in [-0.1, -0.05) is 30.3 Å². The predicted molar refractivity (Wildman–Crippen MR) is 97.7 cm³/mol. The maximum atomic E-state index is 13.5. The molecule has 2 aliphatic rings. The molecule has 0 spiro atoms. The van der Waals surface area contributed by atoms with Crippen molar-refractivity contribution in [3.05, 3.63) is 65.7 Å². The van der Waals surface area contributed by atoms with Crippen LogP contribution in [0.15, 0.2) is 54.6 Å². The Bertz CT molecular complexity index is 1020. The Morgan fingerprint density at radius 3 is 2.46 bits per heavy atom. The summed E-state index contributed by atoms with van der Waals surface area (Å²) in [6.45, 7) is 0. The summed E-state index contributed by atoms with van der Waals surface area (Å²) in [5.74, 6) is 0.0423. The molecule has 0 N–H and O–H groups in total. The minimum atomic E-state index is -4.53. The third kappa shape index (κ3) is 2.55. The molecule has 0 bridgehead atoms. The summed E-state index contributed by atoms with van der Waals surface area (Å²) in [4.78, 5) is 14.9. The summed E-state index contributed by atoms with van der Waals surface area (Å²) >= 11 is 0. The lowest BCUT2D eigenvalue weighted by atomic mass is 9.97. The Balaban J connectivity index is 1.95. The second-order valence-corrected chi connectivity index (χ2v) is 6.75. The zero-order chi connectivity index (χ0) is 18.5. The number of amides is 1. The third-order valence-corrected chi connectivity index (χ3v) is 5.29. The van der Waals surface area contributed by atoms with Crippen molar-refractivity contribution in [2.75, 3.05) is 12.0 Å². The number of fused-ring (bicyclic) bond motifs is 3. The van der Waals surface area contributed by atoms with E-state index in [9.17, 15) is 18.0 Å². The first kappa shape index (κ1) is 16.7. The maximum Gasteiger partial charge on any atom is 0.417 e. The molecule has 0 aliphatic carbocycles. The van der Waals surface area contributed by atoms with E-state index in [0.717, 1.165) is 17.0 Å². The number of methoxy groups -OCH3 is 1. The summed E-state index contributed by atoms with van der Waals surface area (Å²) < 4.78 is 45.8. The summed E-state index contributed by atoms with van der Waals surface area (Å²) in [7, 11) is 2.47. The largest absolute Gasteiger partial charge is 0.497 e. The first-order chi connectivity index (χ1) is 12.4. The van der Waals surface area contributed by atoms with Gasteiger partial charge in [-0.05, 0) is 23.8 Å². The van der Waals surface area contributed by atoms with Crippen LogP contribution in [0, 0.1) is 0 Å². The average molecular weight is 375 g/mol. The van der Waals surface area contributed by atoms with E-state index in [2.05, 4.69) is 0 Å². The Labute approximate surface area is 150 Å². The van der Waals surface area contributed by atoms with Crippen LogP contribution in [0.25, 0.3) is 5.57 Å². The van der Waals surface area contributed by atoms with E-state index in [-0.39, 0.29) is 22.1 Å². The zero-order valence-electron chi connectivity index (χ0n) is 13.5. The molecular weight excluding hydrogens is 363 g/mol. The smallest absolute Gasteiger partial charge is 0.417 e. The quantitative estimate of drug-likeness (QED) is 0.740. The standard InChI is InChI=1S/C19H12F3NO2S/c1-25-12-7-8-13-14(19(20,21)22)10-16-23(15(13)9-12)18(24)17(26-16)11-5-3-2-4-6-11/h2-10H,1H3. The normalized spacial score (nSPS) is 16.1. The molecule has 2 aromatic carbocycles. The molecule has 0 atom stereocenters. The molecule has 3 nitrogen and oxygen atoms in total. The summed E-state index contributed by atoms with van der Waals surface area (Å²) in [5.41, 5.74) is 0.0507. The van der Waals surface area contributed by atoms with Crippen molar-refractivity contribution in [1.82, 2.24) is 0 Å². The number of benzene rings is 2. The highest BCUT2D eigenvalue weighted by atomic mass is 32.1. The molecule has 0 fully saturated rings. The number of nitrogens with zero attached hydrogens (tertiary/aromatic N) is 1. The number of allylic oxidation sites excluding steroid dienone is 1. The van der Waals surface area contributed by atoms with E-state index in [1.807, 2.05) is 6.07 Å². The Morgan fingerprint density at radius 1 is 1.08 bits per heavy atom. The highest BCUT2D eigenvalue weighted by molar-refractivity contribution is 8.01. The van der Waals surface area contributed by atoms with Gasteiger partial charge in [0.15, 0.2) is 0 Å². The van der Waals surface area contributed by atoms with Gasteiger partial charge in [-0.3, -0.25) is 9.69 Å². The van der Waals surface area contributed by atoms with Crippen LogP contribution in [-0.2, 0) is 4.79 Å². The summed E-state index contributed by atoms with van der Waals surface area (Å²) in [6.07, 6.45) is -3.49. The average Bonchev–Trinajstić information content (AvgIpc) is 2.97. The lowest BCUT2D eigenvalue weighted by Gasteiger charge is -2.28. The Hall–Kier alpha value is -2.80.